The molecule has 0 aliphatic rings. The van der Waals surface area contributed by atoms with Gasteiger partial charge in [-0.3, -0.25) is 9.36 Å². The van der Waals surface area contributed by atoms with Crippen molar-refractivity contribution in [1.29, 1.82) is 0 Å². The molecule has 3 aromatic rings. The lowest BCUT2D eigenvalue weighted by atomic mass is 9.98. The normalized spacial score (nSPS) is 11.2. The molecule has 0 aromatic carbocycles. The van der Waals surface area contributed by atoms with Crippen LogP contribution >= 0.6 is 11.6 Å². The van der Waals surface area contributed by atoms with Crippen LogP contribution in [0.25, 0.3) is 22.7 Å². The molecule has 3 rings (SSSR count). The number of carbonyl (C=O) groups is 1. The van der Waals surface area contributed by atoms with Gasteiger partial charge in [0.2, 0.25) is 11.7 Å². The van der Waals surface area contributed by atoms with E-state index in [1.54, 1.807) is 43.5 Å². The molecule has 9 heteroatoms. The number of aromatic nitrogens is 5. The van der Waals surface area contributed by atoms with Gasteiger partial charge in [-0.1, -0.05) is 36.9 Å². The molecule has 0 N–H and O–H groups in total. The second-order valence-electron chi connectivity index (χ2n) is 8.16. The van der Waals surface area contributed by atoms with Gasteiger partial charge < -0.3 is 9.47 Å². The molecule has 0 bridgehead atoms. The Balaban J connectivity index is 2.12. The van der Waals surface area contributed by atoms with E-state index >= 15 is 0 Å². The zero-order valence-electron chi connectivity index (χ0n) is 18.9. The molecule has 3 aromatic heterocycles. The highest BCUT2D eigenvalue weighted by Gasteiger charge is 2.25. The number of esters is 1. The lowest BCUT2D eigenvalue weighted by Gasteiger charge is -2.17. The molecule has 0 fully saturated rings. The van der Waals surface area contributed by atoms with Crippen LogP contribution in [0, 0.1) is 17.3 Å². The molecule has 3 heterocycles. The number of pyridine rings is 1. The van der Waals surface area contributed by atoms with Gasteiger partial charge in [0, 0.05) is 12.5 Å². The van der Waals surface area contributed by atoms with E-state index in [-0.39, 0.29) is 23.7 Å². The summed E-state index contributed by atoms with van der Waals surface area (Å²) in [7, 11) is 1.53. The molecule has 0 saturated heterocycles. The van der Waals surface area contributed by atoms with Crippen LogP contribution in [-0.2, 0) is 16.3 Å². The number of halogens is 1. The minimum atomic E-state index is -0.659. The van der Waals surface area contributed by atoms with Gasteiger partial charge in [0.05, 0.1) is 12.5 Å². The summed E-state index contributed by atoms with van der Waals surface area (Å²) in [6.07, 6.45) is 2.80. The number of carbonyl (C=O) groups excluding carboxylic acids is 1. The number of methoxy groups -OCH3 is 1. The Morgan fingerprint density at radius 2 is 1.97 bits per heavy atom. The molecular formula is C23H26ClN5O3. The van der Waals surface area contributed by atoms with Crippen molar-refractivity contribution in [2.24, 2.45) is 5.41 Å². The maximum absolute atomic E-state index is 12.4. The van der Waals surface area contributed by atoms with Gasteiger partial charge in [-0.15, -0.1) is 0 Å². The largest absolute Gasteiger partial charge is 0.481 e. The van der Waals surface area contributed by atoms with Crippen LogP contribution < -0.4 is 4.74 Å². The van der Waals surface area contributed by atoms with Crippen LogP contribution in [0.1, 0.15) is 52.8 Å². The third-order valence-corrected chi connectivity index (χ3v) is 4.77. The summed E-state index contributed by atoms with van der Waals surface area (Å²) in [4.78, 5) is 30.3. The summed E-state index contributed by atoms with van der Waals surface area (Å²) in [5.41, 5.74) is 0.636. The molecule has 8 nitrogen and oxygen atoms in total. The molecule has 0 aliphatic carbocycles. The zero-order chi connectivity index (χ0) is 23.3. The van der Waals surface area contributed by atoms with E-state index < -0.39 is 5.41 Å². The van der Waals surface area contributed by atoms with Crippen molar-refractivity contribution in [1.82, 2.24) is 24.5 Å². The Morgan fingerprint density at radius 1 is 1.19 bits per heavy atom. The molecular weight excluding hydrogens is 430 g/mol. The summed E-state index contributed by atoms with van der Waals surface area (Å²) >= 11 is 6.42. The number of hydrogen-bond acceptors (Lipinski definition) is 7. The molecule has 0 saturated carbocycles. The van der Waals surface area contributed by atoms with E-state index in [1.165, 1.54) is 7.11 Å². The number of imidazole rings is 1. The molecule has 0 amide bonds. The molecule has 0 spiro atoms. The third kappa shape index (κ3) is 5.35. The fourth-order valence-corrected chi connectivity index (χ4v) is 2.95. The predicted octanol–water partition coefficient (Wildman–Crippen LogP) is 4.64. The van der Waals surface area contributed by atoms with Gasteiger partial charge in [0.15, 0.2) is 23.4 Å². The van der Waals surface area contributed by atoms with E-state index in [2.05, 4.69) is 38.7 Å². The first-order chi connectivity index (χ1) is 15.2. The van der Waals surface area contributed by atoms with Crippen molar-refractivity contribution < 1.29 is 14.3 Å². The summed E-state index contributed by atoms with van der Waals surface area (Å²) in [5.74, 6) is 6.79. The van der Waals surface area contributed by atoms with Crippen LogP contribution in [0.3, 0.4) is 0 Å². The van der Waals surface area contributed by atoms with Crippen molar-refractivity contribution in [2.75, 3.05) is 7.11 Å². The van der Waals surface area contributed by atoms with Gasteiger partial charge >= 0.3 is 5.97 Å². The van der Waals surface area contributed by atoms with Gasteiger partial charge in [-0.05, 0) is 39.2 Å². The first-order valence-electron chi connectivity index (χ1n) is 10.4. The Kier molecular flexibility index (Phi) is 7.31. The van der Waals surface area contributed by atoms with Gasteiger partial charge in [0.1, 0.15) is 11.2 Å². The quantitative estimate of drug-likeness (QED) is 0.231. The standard InChI is InChI=1S/C23H26ClN5O3/c1-6-7-8-9-12-16-26-19(24)18-21(27-16)29(14-32-22(30)23(2,3)4)20(28-18)15-11-10-13-17(25-15)31-5/h10-11,13H,6-8,14H2,1-5H3. The molecule has 0 radical (unpaired) electrons. The Bertz CT molecular complexity index is 1190. The Labute approximate surface area is 192 Å². The van der Waals surface area contributed by atoms with Crippen molar-refractivity contribution in [3.63, 3.8) is 0 Å². The average molecular weight is 456 g/mol. The van der Waals surface area contributed by atoms with E-state index in [1.807, 2.05) is 0 Å². The highest BCUT2D eigenvalue weighted by Crippen LogP contribution is 2.28. The van der Waals surface area contributed by atoms with E-state index in [0.717, 1.165) is 19.3 Å². The molecule has 168 valence electrons. The fourth-order valence-electron chi connectivity index (χ4n) is 2.74. The Hall–Kier alpha value is -3.18. The monoisotopic (exact) mass is 455 g/mol. The second-order valence-corrected chi connectivity index (χ2v) is 8.51. The van der Waals surface area contributed by atoms with Crippen LogP contribution in [0.5, 0.6) is 5.88 Å². The summed E-state index contributed by atoms with van der Waals surface area (Å²) in [5, 5.41) is 0.167. The molecule has 0 atom stereocenters. The van der Waals surface area contributed by atoms with Gasteiger partial charge in [0.25, 0.3) is 0 Å². The van der Waals surface area contributed by atoms with Crippen molar-refractivity contribution in [3.8, 4) is 29.2 Å². The number of rotatable bonds is 6. The fraction of sp³-hybridized carbons (Fsp3) is 0.435. The smallest absolute Gasteiger partial charge is 0.312 e. The van der Waals surface area contributed by atoms with Crippen molar-refractivity contribution in [2.45, 2.75) is 53.7 Å². The maximum atomic E-state index is 12.4. The summed E-state index contributed by atoms with van der Waals surface area (Å²) in [6.45, 7) is 7.35. The minimum absolute atomic E-state index is 0.114. The maximum Gasteiger partial charge on any atom is 0.312 e. The number of ether oxygens (including phenoxy) is 2. The first kappa shape index (κ1) is 23.5. The highest BCUT2D eigenvalue weighted by molar-refractivity contribution is 6.33. The molecule has 0 unspecified atom stereocenters. The SMILES string of the molecule is CCCCC#Cc1nc(Cl)c2nc(-c3cccc(OC)n3)n(COC(=O)C(C)(C)C)c2n1. The lowest BCUT2D eigenvalue weighted by Crippen LogP contribution is -2.24. The Morgan fingerprint density at radius 3 is 2.66 bits per heavy atom. The lowest BCUT2D eigenvalue weighted by molar-refractivity contribution is -0.156. The second kappa shape index (κ2) is 9.96. The first-order valence-corrected chi connectivity index (χ1v) is 10.7. The number of nitrogens with zero attached hydrogens (tertiary/aromatic N) is 5. The molecule has 32 heavy (non-hydrogen) atoms. The zero-order valence-corrected chi connectivity index (χ0v) is 19.7. The topological polar surface area (TPSA) is 92.0 Å². The van der Waals surface area contributed by atoms with Crippen molar-refractivity contribution >= 4 is 28.7 Å². The van der Waals surface area contributed by atoms with E-state index in [0.29, 0.717) is 28.6 Å². The van der Waals surface area contributed by atoms with Gasteiger partial charge in [-0.2, -0.15) is 0 Å². The third-order valence-electron chi connectivity index (χ3n) is 4.51. The van der Waals surface area contributed by atoms with Gasteiger partial charge in [-0.25, -0.2) is 19.9 Å². The van der Waals surface area contributed by atoms with E-state index in [4.69, 9.17) is 21.1 Å². The summed E-state index contributed by atoms with van der Waals surface area (Å²) in [6, 6.07) is 5.30. The van der Waals surface area contributed by atoms with Crippen molar-refractivity contribution in [3.05, 3.63) is 29.2 Å². The van der Waals surface area contributed by atoms with Crippen LogP contribution in [0.4, 0.5) is 0 Å². The average Bonchev–Trinajstić information content (AvgIpc) is 3.13. The highest BCUT2D eigenvalue weighted by atomic mass is 35.5. The number of unbranched alkanes of at least 4 members (excludes halogenated alkanes) is 2. The number of hydrogen-bond donors (Lipinski definition) is 0. The number of fused-ring (bicyclic) bond motifs is 1. The van der Waals surface area contributed by atoms with Crippen LogP contribution in [0.2, 0.25) is 5.15 Å². The van der Waals surface area contributed by atoms with Crippen LogP contribution in [0.15, 0.2) is 18.2 Å². The minimum Gasteiger partial charge on any atom is -0.481 e. The summed E-state index contributed by atoms with van der Waals surface area (Å²) < 4.78 is 12.4. The predicted molar refractivity (Wildman–Crippen MR) is 122 cm³/mol. The van der Waals surface area contributed by atoms with Crippen LogP contribution in [-0.4, -0.2) is 37.6 Å². The van der Waals surface area contributed by atoms with E-state index in [9.17, 15) is 4.79 Å². The molecule has 0 aliphatic heterocycles.